The number of rotatable bonds is 51. The first-order chi connectivity index (χ1) is 41.8. The van der Waals surface area contributed by atoms with Crippen LogP contribution in [0.1, 0.15) is 239 Å². The Kier molecular flexibility index (Phi) is 44.8. The molecular formula is C67H121NO18. The Morgan fingerprint density at radius 3 is 1.16 bits per heavy atom. The van der Waals surface area contributed by atoms with Crippen LogP contribution < -0.4 is 5.32 Å². The van der Waals surface area contributed by atoms with Crippen molar-refractivity contribution >= 4 is 5.91 Å². The van der Waals surface area contributed by atoms with Gasteiger partial charge in [0, 0.05) is 6.42 Å². The van der Waals surface area contributed by atoms with Crippen LogP contribution in [0.25, 0.3) is 0 Å². The third-order valence-electron chi connectivity index (χ3n) is 16.8. The highest BCUT2D eigenvalue weighted by Crippen LogP contribution is 2.33. The fourth-order valence-electron chi connectivity index (χ4n) is 11.3. The number of ether oxygens (including phenoxy) is 6. The van der Waals surface area contributed by atoms with Gasteiger partial charge < -0.3 is 89.9 Å². The molecule has 0 aromatic rings. The number of allylic oxidation sites excluding steroid dienone is 7. The van der Waals surface area contributed by atoms with Gasteiger partial charge in [-0.05, 0) is 70.6 Å². The monoisotopic (exact) mass is 1230 g/mol. The molecule has 17 atom stereocenters. The van der Waals surface area contributed by atoms with Crippen LogP contribution in [0.2, 0.25) is 0 Å². The Balaban J connectivity index is 1.48. The Morgan fingerprint density at radius 1 is 0.407 bits per heavy atom. The molecule has 0 spiro atoms. The highest BCUT2D eigenvalue weighted by atomic mass is 16.8. The third-order valence-corrected chi connectivity index (χ3v) is 16.8. The van der Waals surface area contributed by atoms with E-state index in [0.717, 1.165) is 57.8 Å². The molecule has 0 aromatic heterocycles. The topological polar surface area (TPSA) is 307 Å². The van der Waals surface area contributed by atoms with Crippen LogP contribution in [0.5, 0.6) is 0 Å². The van der Waals surface area contributed by atoms with Crippen molar-refractivity contribution < 1.29 is 89.4 Å². The molecule has 19 heteroatoms. The molecule has 3 rings (SSSR count). The molecule has 0 aromatic carbocycles. The second-order valence-electron chi connectivity index (χ2n) is 24.3. The maximum absolute atomic E-state index is 13.4. The van der Waals surface area contributed by atoms with Crippen molar-refractivity contribution in [1.82, 2.24) is 5.32 Å². The minimum absolute atomic E-state index is 0.226. The Morgan fingerprint density at radius 2 is 0.744 bits per heavy atom. The first-order valence-electron chi connectivity index (χ1n) is 33.9. The average Bonchev–Trinajstić information content (AvgIpc) is 2.24. The summed E-state index contributed by atoms with van der Waals surface area (Å²) in [7, 11) is 0. The summed E-state index contributed by atoms with van der Waals surface area (Å²) in [5.74, 6) is -0.294. The number of amides is 1. The van der Waals surface area contributed by atoms with Crippen LogP contribution in [0.15, 0.2) is 48.6 Å². The van der Waals surface area contributed by atoms with E-state index in [9.17, 15) is 61.0 Å². The zero-order valence-electron chi connectivity index (χ0n) is 52.8. The van der Waals surface area contributed by atoms with Gasteiger partial charge in [0.25, 0.3) is 0 Å². The first-order valence-corrected chi connectivity index (χ1v) is 33.9. The smallest absolute Gasteiger partial charge is 0.220 e. The lowest BCUT2D eigenvalue weighted by Gasteiger charge is -2.48. The van der Waals surface area contributed by atoms with Gasteiger partial charge in [0.1, 0.15) is 73.2 Å². The molecule has 17 unspecified atom stereocenters. The van der Waals surface area contributed by atoms with E-state index in [-0.39, 0.29) is 18.9 Å². The second-order valence-corrected chi connectivity index (χ2v) is 24.3. The maximum atomic E-state index is 13.4. The number of carbonyl (C=O) groups excluding carboxylic acids is 1. The molecular weight excluding hydrogens is 1110 g/mol. The van der Waals surface area contributed by atoms with E-state index in [2.05, 4.69) is 55.6 Å². The van der Waals surface area contributed by atoms with Crippen molar-refractivity contribution in [3.63, 3.8) is 0 Å². The second kappa shape index (κ2) is 49.5. The summed E-state index contributed by atoms with van der Waals surface area (Å²) in [6, 6.07) is -0.999. The minimum Gasteiger partial charge on any atom is -0.394 e. The lowest BCUT2D eigenvalue weighted by atomic mass is 9.96. The van der Waals surface area contributed by atoms with Crippen LogP contribution >= 0.6 is 0 Å². The normalized spacial score (nSPS) is 29.1. The van der Waals surface area contributed by atoms with E-state index in [1.165, 1.54) is 148 Å². The van der Waals surface area contributed by atoms with E-state index < -0.39 is 124 Å². The third kappa shape index (κ3) is 31.7. The zero-order chi connectivity index (χ0) is 62.6. The highest BCUT2D eigenvalue weighted by Gasteiger charge is 2.53. The lowest BCUT2D eigenvalue weighted by Crippen LogP contribution is -2.66. The summed E-state index contributed by atoms with van der Waals surface area (Å²) < 4.78 is 34.3. The number of aliphatic hydroxyl groups is 11. The molecule has 3 heterocycles. The minimum atomic E-state index is -1.98. The van der Waals surface area contributed by atoms with Gasteiger partial charge in [0.2, 0.25) is 5.91 Å². The van der Waals surface area contributed by atoms with Gasteiger partial charge in [-0.15, -0.1) is 0 Å². The van der Waals surface area contributed by atoms with Crippen LogP contribution in [0.4, 0.5) is 0 Å². The molecule has 0 radical (unpaired) electrons. The summed E-state index contributed by atoms with van der Waals surface area (Å²) in [5.41, 5.74) is 0. The first kappa shape index (κ1) is 78.0. The van der Waals surface area contributed by atoms with Crippen molar-refractivity contribution in [2.24, 2.45) is 0 Å². The Hall–Kier alpha value is -2.25. The quantitative estimate of drug-likeness (QED) is 0.0202. The molecule has 12 N–H and O–H groups in total. The highest BCUT2D eigenvalue weighted by molar-refractivity contribution is 5.76. The Labute approximate surface area is 516 Å². The molecule has 502 valence electrons. The molecule has 3 fully saturated rings. The molecule has 1 amide bonds. The van der Waals surface area contributed by atoms with Gasteiger partial charge in [0.05, 0.1) is 38.6 Å². The number of unbranched alkanes of at least 4 members (excludes halogenated alkanes) is 29. The largest absolute Gasteiger partial charge is 0.394 e. The molecule has 0 saturated carbocycles. The van der Waals surface area contributed by atoms with Crippen LogP contribution in [0.3, 0.4) is 0 Å². The van der Waals surface area contributed by atoms with E-state index >= 15 is 0 Å². The molecule has 19 nitrogen and oxygen atoms in total. The average molecular weight is 1230 g/mol. The van der Waals surface area contributed by atoms with E-state index in [1.54, 1.807) is 6.08 Å². The summed E-state index contributed by atoms with van der Waals surface area (Å²) in [6.07, 6.45) is 30.9. The van der Waals surface area contributed by atoms with Gasteiger partial charge in [0.15, 0.2) is 18.9 Å². The van der Waals surface area contributed by atoms with Gasteiger partial charge in [-0.25, -0.2) is 0 Å². The fraction of sp³-hybridized carbons (Fsp3) is 0.866. The van der Waals surface area contributed by atoms with E-state index in [0.29, 0.717) is 12.8 Å². The van der Waals surface area contributed by atoms with Gasteiger partial charge in [-0.1, -0.05) is 210 Å². The van der Waals surface area contributed by atoms with Gasteiger partial charge >= 0.3 is 0 Å². The zero-order valence-corrected chi connectivity index (χ0v) is 52.8. The van der Waals surface area contributed by atoms with Crippen molar-refractivity contribution in [2.45, 2.75) is 343 Å². The summed E-state index contributed by atoms with van der Waals surface area (Å²) in [5, 5.41) is 120. The molecule has 0 bridgehead atoms. The summed E-state index contributed by atoms with van der Waals surface area (Å²) in [6.45, 7) is 1.71. The summed E-state index contributed by atoms with van der Waals surface area (Å²) in [4.78, 5) is 13.4. The van der Waals surface area contributed by atoms with Crippen molar-refractivity contribution in [3.8, 4) is 0 Å². The predicted octanol–water partition coefficient (Wildman–Crippen LogP) is 8.22. The maximum Gasteiger partial charge on any atom is 0.220 e. The lowest BCUT2D eigenvalue weighted by molar-refractivity contribution is -0.379. The molecule has 86 heavy (non-hydrogen) atoms. The molecule has 0 aliphatic carbocycles. The fourth-order valence-corrected chi connectivity index (χ4v) is 11.3. The van der Waals surface area contributed by atoms with Crippen molar-refractivity contribution in [3.05, 3.63) is 48.6 Å². The van der Waals surface area contributed by atoms with Gasteiger partial charge in [-0.2, -0.15) is 0 Å². The van der Waals surface area contributed by atoms with E-state index in [4.69, 9.17) is 28.4 Å². The standard InChI is InChI=1S/C67H121NO18/c1-3-5-7-9-11-13-15-17-19-21-22-23-24-25-26-27-29-30-32-34-36-38-40-42-44-51(72)50(68-55(73)45-43-41-39-37-35-33-31-28-20-18-16-14-12-10-8-6-4-2)49-81-65-61(79)58(76)63(53(47-70)83-65)86-67-62(80)59(77)64(54(48-71)84-67)85-66-60(78)57(75)56(74)52(46-69)82-66/h18,20,27,29,34,36,42,44,50-54,56-67,69-72,74-80H,3-17,19,21-26,28,30-33,35,37-41,43,45-49H2,1-2H3,(H,68,73)/b20-18-,29-27+,36-34+,44-42+. The van der Waals surface area contributed by atoms with Crippen LogP contribution in [0, 0.1) is 0 Å². The van der Waals surface area contributed by atoms with E-state index in [1.807, 2.05) is 6.08 Å². The number of hydrogen-bond acceptors (Lipinski definition) is 18. The van der Waals surface area contributed by atoms with Crippen molar-refractivity contribution in [2.75, 3.05) is 26.4 Å². The summed E-state index contributed by atoms with van der Waals surface area (Å²) >= 11 is 0. The number of carbonyl (C=O) groups is 1. The number of nitrogens with one attached hydrogen (secondary N) is 1. The van der Waals surface area contributed by atoms with Gasteiger partial charge in [-0.3, -0.25) is 4.79 Å². The van der Waals surface area contributed by atoms with Crippen molar-refractivity contribution in [1.29, 1.82) is 0 Å². The Bertz CT molecular complexity index is 1750. The predicted molar refractivity (Wildman–Crippen MR) is 332 cm³/mol. The molecule has 3 saturated heterocycles. The molecule has 3 aliphatic rings. The SMILES string of the molecule is CCCCCCCC/C=C\CCCCCCCCCC(=O)NC(COC1OC(CO)C(OC2OC(CO)C(OC3OC(CO)C(O)C(O)C3O)C(O)C2O)C(O)C1O)C(O)/C=C/CC/C=C/CC/C=C/CCCCCCCCCCCCCCCC. The molecule has 3 aliphatic heterocycles. The number of hydrogen-bond donors (Lipinski definition) is 12. The number of aliphatic hydroxyl groups excluding tert-OH is 11. The van der Waals surface area contributed by atoms with Crippen LogP contribution in [-0.4, -0.2) is 193 Å². The van der Waals surface area contributed by atoms with Crippen LogP contribution in [-0.2, 0) is 33.2 Å².